The lowest BCUT2D eigenvalue weighted by atomic mass is 9.99. The lowest BCUT2D eigenvalue weighted by molar-refractivity contribution is -0.152. The number of hydrogen-bond acceptors (Lipinski definition) is 8. The first kappa shape index (κ1) is 25.9. The summed E-state index contributed by atoms with van der Waals surface area (Å²) in [5.74, 6) is -1.37. The smallest absolute Gasteiger partial charge is 0.342 e. The van der Waals surface area contributed by atoms with Gasteiger partial charge in [0, 0.05) is 38.9 Å². The van der Waals surface area contributed by atoms with E-state index in [2.05, 4.69) is 0 Å². The van der Waals surface area contributed by atoms with Crippen LogP contribution < -0.4 is 9.64 Å². The standard InChI is InChI=1S/C26H35NO7/c1-16-11-12-20(28)24-21(33-26(3,4)34-24)10-8-9-18-13-19(27(5)6)14-22(31-15-30-7)23(18)25(29)32-17(16)2/h8-9,11-14,16-17,21,24H,10,15H2,1-7H3/b9-8+,12-11-/t16-,17+,21+,24-/m1/s1. The molecule has 1 aromatic rings. The molecule has 1 saturated heterocycles. The molecule has 0 aliphatic carbocycles. The van der Waals surface area contributed by atoms with Crippen LogP contribution in [0.4, 0.5) is 5.69 Å². The van der Waals surface area contributed by atoms with Gasteiger partial charge in [0.25, 0.3) is 0 Å². The Morgan fingerprint density at radius 3 is 2.53 bits per heavy atom. The Bertz CT molecular complexity index is 966. The number of rotatable bonds is 4. The van der Waals surface area contributed by atoms with Crippen molar-refractivity contribution < 1.29 is 33.3 Å². The molecule has 186 valence electrons. The molecule has 34 heavy (non-hydrogen) atoms. The molecule has 0 unspecified atom stereocenters. The van der Waals surface area contributed by atoms with Gasteiger partial charge >= 0.3 is 5.97 Å². The zero-order valence-corrected chi connectivity index (χ0v) is 21.0. The minimum Gasteiger partial charge on any atom is -0.467 e. The monoisotopic (exact) mass is 473 g/mol. The molecule has 0 amide bonds. The van der Waals surface area contributed by atoms with E-state index in [0.29, 0.717) is 23.3 Å². The topological polar surface area (TPSA) is 83.5 Å². The second kappa shape index (κ2) is 10.7. The van der Waals surface area contributed by atoms with Gasteiger partial charge in [0.15, 0.2) is 18.4 Å². The normalized spacial score (nSPS) is 28.8. The lowest BCUT2D eigenvalue weighted by Crippen LogP contribution is -2.30. The summed E-state index contributed by atoms with van der Waals surface area (Å²) in [6.45, 7) is 7.26. The van der Waals surface area contributed by atoms with Gasteiger partial charge < -0.3 is 28.6 Å². The van der Waals surface area contributed by atoms with Gasteiger partial charge in [-0.05, 0) is 44.9 Å². The van der Waals surface area contributed by atoms with Crippen LogP contribution in [-0.4, -0.2) is 63.8 Å². The Kier molecular flexibility index (Phi) is 8.17. The Balaban J connectivity index is 2.10. The zero-order chi connectivity index (χ0) is 25.0. The van der Waals surface area contributed by atoms with Crippen molar-refractivity contribution in [1.82, 2.24) is 0 Å². The molecule has 0 radical (unpaired) electrons. The zero-order valence-electron chi connectivity index (χ0n) is 21.0. The van der Waals surface area contributed by atoms with Crippen molar-refractivity contribution in [2.45, 2.75) is 58.2 Å². The van der Waals surface area contributed by atoms with Crippen LogP contribution in [0.3, 0.4) is 0 Å². The van der Waals surface area contributed by atoms with Crippen LogP contribution in [0.1, 0.15) is 50.0 Å². The summed E-state index contributed by atoms with van der Waals surface area (Å²) in [7, 11) is 5.34. The summed E-state index contributed by atoms with van der Waals surface area (Å²) in [6, 6.07) is 3.68. The van der Waals surface area contributed by atoms with E-state index in [-0.39, 0.29) is 18.5 Å². The number of anilines is 1. The van der Waals surface area contributed by atoms with Crippen molar-refractivity contribution in [3.05, 3.63) is 41.5 Å². The van der Waals surface area contributed by atoms with Crippen LogP contribution in [0, 0.1) is 5.92 Å². The third-order valence-electron chi connectivity index (χ3n) is 5.90. The van der Waals surface area contributed by atoms with E-state index < -0.39 is 30.1 Å². The van der Waals surface area contributed by atoms with Gasteiger partial charge in [-0.15, -0.1) is 0 Å². The third kappa shape index (κ3) is 6.05. The molecule has 0 bridgehead atoms. The molecule has 3 rings (SSSR count). The molecule has 2 aliphatic heterocycles. The van der Waals surface area contributed by atoms with E-state index in [1.165, 1.54) is 13.2 Å². The Labute approximate surface area is 201 Å². The molecule has 1 aromatic carbocycles. The highest BCUT2D eigenvalue weighted by Gasteiger charge is 2.43. The number of fused-ring (bicyclic) bond motifs is 2. The number of benzene rings is 1. The van der Waals surface area contributed by atoms with Crippen LogP contribution in [0.5, 0.6) is 5.75 Å². The number of hydrogen-bond donors (Lipinski definition) is 0. The first-order chi connectivity index (χ1) is 16.0. The Morgan fingerprint density at radius 1 is 1.12 bits per heavy atom. The van der Waals surface area contributed by atoms with E-state index in [1.807, 2.05) is 44.1 Å². The summed E-state index contributed by atoms with van der Waals surface area (Å²) in [5.41, 5.74) is 1.80. The Morgan fingerprint density at radius 2 is 1.85 bits per heavy atom. The van der Waals surface area contributed by atoms with Crippen LogP contribution >= 0.6 is 0 Å². The van der Waals surface area contributed by atoms with Crippen LogP contribution in [0.25, 0.3) is 6.08 Å². The summed E-state index contributed by atoms with van der Waals surface area (Å²) in [6.07, 6.45) is 5.73. The number of carbonyl (C=O) groups is 2. The number of esters is 1. The number of cyclic esters (lactones) is 1. The van der Waals surface area contributed by atoms with Crippen molar-refractivity contribution in [2.75, 3.05) is 32.9 Å². The van der Waals surface area contributed by atoms with Crippen molar-refractivity contribution in [3.8, 4) is 5.75 Å². The molecule has 0 saturated carbocycles. The highest BCUT2D eigenvalue weighted by Crippen LogP contribution is 2.34. The SMILES string of the molecule is COCOc1cc(N(C)C)cc2c1C(=O)O[C@@H](C)[C@H](C)/C=C\C(=O)[C@H]1OC(C)(C)O[C@H]1C/C=C/2. The number of nitrogens with zero attached hydrogens (tertiary/aromatic N) is 1. The van der Waals surface area contributed by atoms with Crippen molar-refractivity contribution >= 4 is 23.5 Å². The van der Waals surface area contributed by atoms with E-state index in [1.54, 1.807) is 32.9 Å². The molecular weight excluding hydrogens is 438 g/mol. The average molecular weight is 474 g/mol. The predicted molar refractivity (Wildman–Crippen MR) is 129 cm³/mol. The summed E-state index contributed by atoms with van der Waals surface area (Å²) in [4.78, 5) is 28.1. The quantitative estimate of drug-likeness (QED) is 0.480. The summed E-state index contributed by atoms with van der Waals surface area (Å²) < 4.78 is 28.5. The van der Waals surface area contributed by atoms with Crippen molar-refractivity contribution in [2.24, 2.45) is 5.92 Å². The van der Waals surface area contributed by atoms with Crippen LogP contribution in [0.2, 0.25) is 0 Å². The average Bonchev–Trinajstić information content (AvgIpc) is 3.08. The van der Waals surface area contributed by atoms with Crippen molar-refractivity contribution in [3.63, 3.8) is 0 Å². The molecule has 8 heteroatoms. The number of carbonyl (C=O) groups excluding carboxylic acids is 2. The van der Waals surface area contributed by atoms with E-state index >= 15 is 0 Å². The van der Waals surface area contributed by atoms with E-state index in [9.17, 15) is 9.59 Å². The second-order valence-electron chi connectivity index (χ2n) is 9.32. The van der Waals surface area contributed by atoms with Gasteiger partial charge in [-0.3, -0.25) is 4.79 Å². The molecule has 1 fully saturated rings. The maximum atomic E-state index is 13.3. The third-order valence-corrected chi connectivity index (χ3v) is 5.90. The van der Waals surface area contributed by atoms with Gasteiger partial charge in [0.2, 0.25) is 0 Å². The molecular formula is C26H35NO7. The van der Waals surface area contributed by atoms with E-state index in [4.69, 9.17) is 23.7 Å². The molecule has 4 atom stereocenters. The molecule has 0 spiro atoms. The fourth-order valence-electron chi connectivity index (χ4n) is 3.88. The molecule has 0 N–H and O–H groups in total. The largest absolute Gasteiger partial charge is 0.467 e. The fourth-order valence-corrected chi connectivity index (χ4v) is 3.88. The van der Waals surface area contributed by atoms with Gasteiger partial charge in [-0.2, -0.15) is 0 Å². The second-order valence-corrected chi connectivity index (χ2v) is 9.32. The van der Waals surface area contributed by atoms with Gasteiger partial charge in [-0.25, -0.2) is 4.79 Å². The number of ketones is 1. The molecule has 2 aliphatic rings. The van der Waals surface area contributed by atoms with Crippen molar-refractivity contribution in [1.29, 1.82) is 0 Å². The maximum absolute atomic E-state index is 13.3. The fraction of sp³-hybridized carbons (Fsp3) is 0.538. The molecule has 0 aromatic heterocycles. The first-order valence-electron chi connectivity index (χ1n) is 11.4. The van der Waals surface area contributed by atoms with Crippen LogP contribution in [-0.2, 0) is 23.7 Å². The first-order valence-corrected chi connectivity index (χ1v) is 11.4. The maximum Gasteiger partial charge on any atom is 0.342 e. The summed E-state index contributed by atoms with van der Waals surface area (Å²) >= 11 is 0. The Hall–Kier alpha value is -2.68. The van der Waals surface area contributed by atoms with Gasteiger partial charge in [0.1, 0.15) is 23.5 Å². The highest BCUT2D eigenvalue weighted by atomic mass is 16.8. The van der Waals surface area contributed by atoms with E-state index in [0.717, 1.165) is 5.69 Å². The number of methoxy groups -OCH3 is 1. The minimum absolute atomic E-state index is 0.0128. The molecule has 8 nitrogen and oxygen atoms in total. The number of ether oxygens (including phenoxy) is 5. The van der Waals surface area contributed by atoms with Crippen LogP contribution in [0.15, 0.2) is 30.4 Å². The highest BCUT2D eigenvalue weighted by molar-refractivity contribution is 5.98. The van der Waals surface area contributed by atoms with Gasteiger partial charge in [-0.1, -0.05) is 25.2 Å². The van der Waals surface area contributed by atoms with Gasteiger partial charge in [0.05, 0.1) is 6.10 Å². The minimum atomic E-state index is -0.865. The molecule has 2 heterocycles. The summed E-state index contributed by atoms with van der Waals surface area (Å²) in [5, 5.41) is 0. The lowest BCUT2D eigenvalue weighted by Gasteiger charge is -2.22. The predicted octanol–water partition coefficient (Wildman–Crippen LogP) is 3.98.